The van der Waals surface area contributed by atoms with Crippen LogP contribution in [0, 0.1) is 13.8 Å². The number of ether oxygens (including phenoxy) is 3. The number of benzene rings is 1. The van der Waals surface area contributed by atoms with E-state index in [1.165, 1.54) is 0 Å². The average Bonchev–Trinajstić information content (AvgIpc) is 2.77. The van der Waals surface area contributed by atoms with Crippen LogP contribution in [0.5, 0.6) is 5.75 Å². The first-order valence-corrected chi connectivity index (χ1v) is 6.06. The van der Waals surface area contributed by atoms with E-state index in [1.54, 1.807) is 7.11 Å². The Morgan fingerprint density at radius 1 is 1.18 bits per heavy atom. The number of rotatable bonds is 3. The molecule has 3 heteroatoms. The Hall–Kier alpha value is -1.06. The van der Waals surface area contributed by atoms with Crippen LogP contribution in [0.1, 0.15) is 30.0 Å². The summed E-state index contributed by atoms with van der Waals surface area (Å²) in [6.07, 6.45) is 0.820. The second-order valence-electron chi connectivity index (χ2n) is 4.44. The fraction of sp³-hybridized carbons (Fsp3) is 0.571. The first-order valence-electron chi connectivity index (χ1n) is 6.06. The molecule has 0 aromatic heterocycles. The molecule has 1 aromatic rings. The molecule has 1 saturated heterocycles. The largest absolute Gasteiger partial charge is 0.497 e. The van der Waals surface area contributed by atoms with Gasteiger partial charge in [0.2, 0.25) is 0 Å². The van der Waals surface area contributed by atoms with Crippen molar-refractivity contribution in [3.63, 3.8) is 0 Å². The number of hydrogen-bond acceptors (Lipinski definition) is 3. The van der Waals surface area contributed by atoms with E-state index in [4.69, 9.17) is 14.2 Å². The molecule has 1 heterocycles. The lowest BCUT2D eigenvalue weighted by Gasteiger charge is -2.30. The van der Waals surface area contributed by atoms with Crippen LogP contribution in [0.25, 0.3) is 0 Å². The second kappa shape index (κ2) is 4.67. The summed E-state index contributed by atoms with van der Waals surface area (Å²) >= 11 is 0. The Kier molecular flexibility index (Phi) is 3.40. The van der Waals surface area contributed by atoms with Gasteiger partial charge in [-0.15, -0.1) is 0 Å². The van der Waals surface area contributed by atoms with Crippen LogP contribution < -0.4 is 4.74 Å². The summed E-state index contributed by atoms with van der Waals surface area (Å²) in [5.41, 5.74) is 3.47. The first kappa shape index (κ1) is 12.4. The molecular formula is C14H20O3. The summed E-state index contributed by atoms with van der Waals surface area (Å²) < 4.78 is 17.0. The maximum atomic E-state index is 5.85. The second-order valence-corrected chi connectivity index (χ2v) is 4.44. The molecule has 3 nitrogen and oxygen atoms in total. The van der Waals surface area contributed by atoms with Crippen molar-refractivity contribution >= 4 is 0 Å². The zero-order valence-corrected chi connectivity index (χ0v) is 11.0. The zero-order chi connectivity index (χ0) is 12.5. The molecule has 0 amide bonds. The molecule has 17 heavy (non-hydrogen) atoms. The Morgan fingerprint density at radius 3 is 2.12 bits per heavy atom. The SMILES string of the molecule is CCC1(c2c(C)cc(OC)cc2C)OCCO1. The molecule has 0 saturated carbocycles. The van der Waals surface area contributed by atoms with E-state index in [-0.39, 0.29) is 0 Å². The van der Waals surface area contributed by atoms with E-state index < -0.39 is 5.79 Å². The van der Waals surface area contributed by atoms with Crippen molar-refractivity contribution in [3.05, 3.63) is 28.8 Å². The van der Waals surface area contributed by atoms with Crippen molar-refractivity contribution < 1.29 is 14.2 Å². The standard InChI is InChI=1S/C14H20O3/c1-5-14(16-6-7-17-14)13-10(2)8-12(15-4)9-11(13)3/h8-9H,5-7H2,1-4H3. The lowest BCUT2D eigenvalue weighted by molar-refractivity contribution is -0.168. The van der Waals surface area contributed by atoms with Gasteiger partial charge in [-0.2, -0.15) is 0 Å². The van der Waals surface area contributed by atoms with Gasteiger partial charge in [-0.3, -0.25) is 0 Å². The van der Waals surface area contributed by atoms with Gasteiger partial charge < -0.3 is 14.2 Å². The molecule has 1 aromatic carbocycles. The summed E-state index contributed by atoms with van der Waals surface area (Å²) in [7, 11) is 1.69. The molecule has 0 N–H and O–H groups in total. The molecule has 2 rings (SSSR count). The fourth-order valence-corrected chi connectivity index (χ4v) is 2.62. The Balaban J connectivity index is 2.50. The van der Waals surface area contributed by atoms with Gasteiger partial charge in [-0.05, 0) is 37.1 Å². The van der Waals surface area contributed by atoms with Crippen molar-refractivity contribution in [1.82, 2.24) is 0 Å². The molecule has 0 unspecified atom stereocenters. The molecule has 0 radical (unpaired) electrons. The molecule has 0 atom stereocenters. The van der Waals surface area contributed by atoms with Crippen molar-refractivity contribution in [3.8, 4) is 5.75 Å². The highest BCUT2D eigenvalue weighted by molar-refractivity contribution is 5.43. The van der Waals surface area contributed by atoms with E-state index in [0.29, 0.717) is 13.2 Å². The number of methoxy groups -OCH3 is 1. The summed E-state index contributed by atoms with van der Waals surface area (Å²) in [5, 5.41) is 0. The maximum Gasteiger partial charge on any atom is 0.195 e. The minimum Gasteiger partial charge on any atom is -0.497 e. The lowest BCUT2D eigenvalue weighted by atomic mass is 9.93. The van der Waals surface area contributed by atoms with Crippen LogP contribution >= 0.6 is 0 Å². The minimum atomic E-state index is -0.555. The molecule has 1 fully saturated rings. The predicted molar refractivity (Wildman–Crippen MR) is 66.3 cm³/mol. The van der Waals surface area contributed by atoms with E-state index >= 15 is 0 Å². The van der Waals surface area contributed by atoms with Gasteiger partial charge in [0.25, 0.3) is 0 Å². The third-order valence-corrected chi connectivity index (χ3v) is 3.34. The Labute approximate surface area is 103 Å². The van der Waals surface area contributed by atoms with Gasteiger partial charge in [-0.1, -0.05) is 6.92 Å². The van der Waals surface area contributed by atoms with Gasteiger partial charge in [-0.25, -0.2) is 0 Å². The predicted octanol–water partition coefficient (Wildman–Crippen LogP) is 2.92. The topological polar surface area (TPSA) is 27.7 Å². The van der Waals surface area contributed by atoms with Crippen molar-refractivity contribution in [2.24, 2.45) is 0 Å². The lowest BCUT2D eigenvalue weighted by Crippen LogP contribution is -2.28. The monoisotopic (exact) mass is 236 g/mol. The molecule has 0 aliphatic carbocycles. The highest BCUT2D eigenvalue weighted by atomic mass is 16.7. The maximum absolute atomic E-state index is 5.85. The Bertz CT molecular complexity index is 383. The van der Waals surface area contributed by atoms with Gasteiger partial charge in [0.1, 0.15) is 5.75 Å². The zero-order valence-electron chi connectivity index (χ0n) is 11.0. The molecule has 0 bridgehead atoms. The van der Waals surface area contributed by atoms with E-state index in [9.17, 15) is 0 Å². The van der Waals surface area contributed by atoms with Gasteiger partial charge >= 0.3 is 0 Å². The summed E-state index contributed by atoms with van der Waals surface area (Å²) in [6, 6.07) is 4.07. The van der Waals surface area contributed by atoms with E-state index in [2.05, 4.69) is 20.8 Å². The molecule has 0 spiro atoms. The van der Waals surface area contributed by atoms with Crippen LogP contribution in [-0.2, 0) is 15.3 Å². The number of aryl methyl sites for hydroxylation is 2. The highest BCUT2D eigenvalue weighted by Crippen LogP contribution is 2.39. The van der Waals surface area contributed by atoms with Crippen molar-refractivity contribution in [2.75, 3.05) is 20.3 Å². The van der Waals surface area contributed by atoms with Crippen LogP contribution in [0.15, 0.2) is 12.1 Å². The smallest absolute Gasteiger partial charge is 0.195 e. The average molecular weight is 236 g/mol. The van der Waals surface area contributed by atoms with Crippen molar-refractivity contribution in [2.45, 2.75) is 33.0 Å². The van der Waals surface area contributed by atoms with E-state index in [1.807, 2.05) is 12.1 Å². The van der Waals surface area contributed by atoms with Crippen LogP contribution in [-0.4, -0.2) is 20.3 Å². The third-order valence-electron chi connectivity index (χ3n) is 3.34. The number of hydrogen-bond donors (Lipinski definition) is 0. The molecule has 1 aliphatic heterocycles. The fourth-order valence-electron chi connectivity index (χ4n) is 2.62. The highest BCUT2D eigenvalue weighted by Gasteiger charge is 2.39. The van der Waals surface area contributed by atoms with Gasteiger partial charge in [0.15, 0.2) is 5.79 Å². The van der Waals surface area contributed by atoms with Crippen LogP contribution in [0.2, 0.25) is 0 Å². The van der Waals surface area contributed by atoms with Crippen molar-refractivity contribution in [1.29, 1.82) is 0 Å². The van der Waals surface area contributed by atoms with Gasteiger partial charge in [0, 0.05) is 12.0 Å². The molecule has 94 valence electrons. The normalized spacial score (nSPS) is 18.4. The van der Waals surface area contributed by atoms with Crippen LogP contribution in [0.4, 0.5) is 0 Å². The first-order chi connectivity index (χ1) is 8.13. The summed E-state index contributed by atoms with van der Waals surface area (Å²) in [4.78, 5) is 0. The molecular weight excluding hydrogens is 216 g/mol. The quantitative estimate of drug-likeness (QED) is 0.807. The summed E-state index contributed by atoms with van der Waals surface area (Å²) in [6.45, 7) is 7.58. The minimum absolute atomic E-state index is 0.555. The van der Waals surface area contributed by atoms with E-state index in [0.717, 1.165) is 28.9 Å². The van der Waals surface area contributed by atoms with Crippen LogP contribution in [0.3, 0.4) is 0 Å². The summed E-state index contributed by atoms with van der Waals surface area (Å²) in [5.74, 6) is 0.327. The Morgan fingerprint density at radius 2 is 1.71 bits per heavy atom. The van der Waals surface area contributed by atoms with Gasteiger partial charge in [0.05, 0.1) is 20.3 Å². The third kappa shape index (κ3) is 2.05. The molecule has 1 aliphatic rings.